The fourth-order valence-corrected chi connectivity index (χ4v) is 3.62. The zero-order valence-electron chi connectivity index (χ0n) is 14.6. The lowest BCUT2D eigenvalue weighted by atomic mass is 10.1. The third-order valence-corrected chi connectivity index (χ3v) is 4.93. The van der Waals surface area contributed by atoms with Gasteiger partial charge in [-0.25, -0.2) is 4.98 Å². The van der Waals surface area contributed by atoms with Crippen molar-refractivity contribution in [2.45, 2.75) is 13.0 Å². The van der Waals surface area contributed by atoms with Gasteiger partial charge in [0.15, 0.2) is 0 Å². The summed E-state index contributed by atoms with van der Waals surface area (Å²) in [5, 5.41) is 12.3. The molecule has 0 spiro atoms. The van der Waals surface area contributed by atoms with Crippen molar-refractivity contribution in [3.63, 3.8) is 0 Å². The zero-order valence-corrected chi connectivity index (χ0v) is 15.4. The van der Waals surface area contributed by atoms with Crippen molar-refractivity contribution in [3.8, 4) is 5.75 Å². The van der Waals surface area contributed by atoms with E-state index in [9.17, 15) is 4.79 Å². The van der Waals surface area contributed by atoms with Gasteiger partial charge in [-0.15, -0.1) is 10.2 Å². The van der Waals surface area contributed by atoms with Crippen molar-refractivity contribution in [2.24, 2.45) is 0 Å². The Morgan fingerprint density at radius 2 is 1.96 bits per heavy atom. The lowest BCUT2D eigenvalue weighted by molar-refractivity contribution is -0.116. The van der Waals surface area contributed by atoms with Crippen LogP contribution in [0.3, 0.4) is 0 Å². The topological polar surface area (TPSA) is 81.9 Å². The van der Waals surface area contributed by atoms with E-state index in [1.54, 1.807) is 18.0 Å². The van der Waals surface area contributed by atoms with Crippen LogP contribution in [0.25, 0.3) is 11.0 Å². The van der Waals surface area contributed by atoms with Crippen LogP contribution in [0.4, 0.5) is 5.13 Å². The number of nitrogens with zero attached hydrogens (tertiary/aromatic N) is 4. The average molecular weight is 379 g/mol. The highest BCUT2D eigenvalue weighted by atomic mass is 32.1. The van der Waals surface area contributed by atoms with Crippen LogP contribution >= 0.6 is 11.3 Å². The van der Waals surface area contributed by atoms with E-state index in [1.165, 1.54) is 11.3 Å². The Morgan fingerprint density at radius 3 is 2.85 bits per heavy atom. The predicted octanol–water partition coefficient (Wildman–Crippen LogP) is 3.13. The van der Waals surface area contributed by atoms with Gasteiger partial charge in [-0.2, -0.15) is 0 Å². The molecule has 1 N–H and O–H groups in total. The molecule has 0 saturated heterocycles. The van der Waals surface area contributed by atoms with E-state index in [0.717, 1.165) is 27.4 Å². The highest BCUT2D eigenvalue weighted by molar-refractivity contribution is 7.15. The molecular weight excluding hydrogens is 362 g/mol. The van der Waals surface area contributed by atoms with E-state index in [2.05, 4.69) is 20.5 Å². The fourth-order valence-electron chi connectivity index (χ4n) is 2.84. The van der Waals surface area contributed by atoms with Crippen LogP contribution in [-0.2, 0) is 17.8 Å². The standard InChI is InChI=1S/C19H17N5O2S/c1-26-16-9-5-2-6-13(16)10-18-22-23-19(27-18)21-17(25)11-24-12-20-14-7-3-4-8-15(14)24/h2-9,12H,10-11H2,1H3,(H,21,23,25). The number of amides is 1. The molecule has 0 unspecified atom stereocenters. The summed E-state index contributed by atoms with van der Waals surface area (Å²) in [6, 6.07) is 15.5. The molecule has 8 heteroatoms. The van der Waals surface area contributed by atoms with Gasteiger partial charge in [0.05, 0.1) is 24.5 Å². The number of hydrogen-bond acceptors (Lipinski definition) is 6. The summed E-state index contributed by atoms with van der Waals surface area (Å²) < 4.78 is 7.17. The third kappa shape index (κ3) is 3.80. The largest absolute Gasteiger partial charge is 0.496 e. The Balaban J connectivity index is 1.42. The molecule has 4 aromatic rings. The second kappa shape index (κ2) is 7.55. The quantitative estimate of drug-likeness (QED) is 0.557. The Bertz CT molecular complexity index is 1090. The zero-order chi connectivity index (χ0) is 18.6. The average Bonchev–Trinajstić information content (AvgIpc) is 3.29. The SMILES string of the molecule is COc1ccccc1Cc1nnc(NC(=O)Cn2cnc3ccccc32)s1. The highest BCUT2D eigenvalue weighted by Gasteiger charge is 2.12. The molecule has 0 radical (unpaired) electrons. The Hall–Kier alpha value is -3.26. The monoisotopic (exact) mass is 379 g/mol. The van der Waals surface area contributed by atoms with Gasteiger partial charge in [-0.3, -0.25) is 10.1 Å². The molecular formula is C19H17N5O2S. The van der Waals surface area contributed by atoms with Gasteiger partial charge in [0.25, 0.3) is 0 Å². The molecule has 0 aliphatic rings. The number of para-hydroxylation sites is 3. The van der Waals surface area contributed by atoms with Crippen molar-refractivity contribution in [1.29, 1.82) is 0 Å². The number of nitrogens with one attached hydrogen (secondary N) is 1. The third-order valence-electron chi connectivity index (χ3n) is 4.09. The van der Waals surface area contributed by atoms with Crippen LogP contribution in [0, 0.1) is 0 Å². The molecule has 0 atom stereocenters. The molecule has 136 valence electrons. The minimum atomic E-state index is -0.168. The van der Waals surface area contributed by atoms with Crippen LogP contribution in [-0.4, -0.2) is 32.8 Å². The minimum absolute atomic E-state index is 0.168. The van der Waals surface area contributed by atoms with Crippen LogP contribution in [0.1, 0.15) is 10.6 Å². The van der Waals surface area contributed by atoms with Gasteiger partial charge in [-0.05, 0) is 18.2 Å². The van der Waals surface area contributed by atoms with Gasteiger partial charge in [0, 0.05) is 12.0 Å². The fraction of sp³-hybridized carbons (Fsp3) is 0.158. The minimum Gasteiger partial charge on any atom is -0.496 e. The maximum atomic E-state index is 12.4. The second-order valence-corrected chi connectivity index (χ2v) is 6.96. The van der Waals surface area contributed by atoms with E-state index < -0.39 is 0 Å². The molecule has 2 aromatic carbocycles. The number of fused-ring (bicyclic) bond motifs is 1. The number of imidazole rings is 1. The van der Waals surface area contributed by atoms with Gasteiger partial charge >= 0.3 is 0 Å². The van der Waals surface area contributed by atoms with E-state index in [-0.39, 0.29) is 12.5 Å². The first-order valence-corrected chi connectivity index (χ1v) is 9.18. The lowest BCUT2D eigenvalue weighted by Gasteiger charge is -2.05. The number of aromatic nitrogens is 4. The summed E-state index contributed by atoms with van der Waals surface area (Å²) in [7, 11) is 1.64. The Labute approximate surface area is 159 Å². The number of methoxy groups -OCH3 is 1. The molecule has 4 rings (SSSR count). The van der Waals surface area contributed by atoms with E-state index in [4.69, 9.17) is 4.74 Å². The van der Waals surface area contributed by atoms with E-state index in [0.29, 0.717) is 11.6 Å². The van der Waals surface area contributed by atoms with Crippen molar-refractivity contribution in [3.05, 3.63) is 65.4 Å². The molecule has 0 fully saturated rings. The van der Waals surface area contributed by atoms with Crippen molar-refractivity contribution >= 4 is 33.4 Å². The van der Waals surface area contributed by atoms with Crippen LogP contribution in [0.2, 0.25) is 0 Å². The van der Waals surface area contributed by atoms with Gasteiger partial charge in [-0.1, -0.05) is 41.7 Å². The summed E-state index contributed by atoms with van der Waals surface area (Å²) in [6.45, 7) is 0.169. The maximum Gasteiger partial charge on any atom is 0.246 e. The van der Waals surface area contributed by atoms with Crippen LogP contribution < -0.4 is 10.1 Å². The molecule has 27 heavy (non-hydrogen) atoms. The summed E-state index contributed by atoms with van der Waals surface area (Å²) in [5.41, 5.74) is 2.81. The molecule has 0 aliphatic carbocycles. The van der Waals surface area contributed by atoms with Gasteiger partial charge in [0.1, 0.15) is 17.3 Å². The number of rotatable bonds is 6. The number of hydrogen-bond donors (Lipinski definition) is 1. The van der Waals surface area contributed by atoms with Crippen molar-refractivity contribution in [2.75, 3.05) is 12.4 Å². The highest BCUT2D eigenvalue weighted by Crippen LogP contribution is 2.24. The molecule has 2 heterocycles. The molecule has 0 bridgehead atoms. The van der Waals surface area contributed by atoms with Gasteiger partial charge in [0.2, 0.25) is 11.0 Å². The molecule has 0 aliphatic heterocycles. The summed E-state index contributed by atoms with van der Waals surface area (Å²) >= 11 is 1.36. The van der Waals surface area contributed by atoms with E-state index >= 15 is 0 Å². The number of ether oxygens (including phenoxy) is 1. The molecule has 2 aromatic heterocycles. The first-order valence-electron chi connectivity index (χ1n) is 8.37. The maximum absolute atomic E-state index is 12.4. The van der Waals surface area contributed by atoms with E-state index in [1.807, 2.05) is 48.5 Å². The van der Waals surface area contributed by atoms with Crippen molar-refractivity contribution < 1.29 is 9.53 Å². The lowest BCUT2D eigenvalue weighted by Crippen LogP contribution is -2.18. The number of anilines is 1. The first-order chi connectivity index (χ1) is 13.2. The predicted molar refractivity (Wildman–Crippen MR) is 104 cm³/mol. The van der Waals surface area contributed by atoms with Crippen LogP contribution in [0.15, 0.2) is 54.9 Å². The summed E-state index contributed by atoms with van der Waals surface area (Å²) in [6.07, 6.45) is 2.27. The van der Waals surface area contributed by atoms with Crippen molar-refractivity contribution in [1.82, 2.24) is 19.7 Å². The molecule has 0 saturated carbocycles. The Morgan fingerprint density at radius 1 is 1.15 bits per heavy atom. The number of benzene rings is 2. The summed E-state index contributed by atoms with van der Waals surface area (Å²) in [4.78, 5) is 16.6. The summed E-state index contributed by atoms with van der Waals surface area (Å²) in [5.74, 6) is 0.642. The Kier molecular flexibility index (Phi) is 4.80. The second-order valence-electron chi connectivity index (χ2n) is 5.90. The first kappa shape index (κ1) is 17.2. The number of carbonyl (C=O) groups excluding carboxylic acids is 1. The van der Waals surface area contributed by atoms with Gasteiger partial charge < -0.3 is 9.30 Å². The van der Waals surface area contributed by atoms with Crippen LogP contribution in [0.5, 0.6) is 5.75 Å². The number of carbonyl (C=O) groups is 1. The normalized spacial score (nSPS) is 10.9. The molecule has 7 nitrogen and oxygen atoms in total. The molecule has 1 amide bonds. The smallest absolute Gasteiger partial charge is 0.246 e.